The highest BCUT2D eigenvalue weighted by Crippen LogP contribution is 2.30. The molecule has 7 nitrogen and oxygen atoms in total. The molecule has 3 aromatic rings. The first kappa shape index (κ1) is 14.9. The lowest BCUT2D eigenvalue weighted by molar-refractivity contribution is -0.135. The number of carbonyl (C=O) groups excluding carboxylic acids is 1. The van der Waals surface area contributed by atoms with Crippen LogP contribution in [0.15, 0.2) is 37.2 Å². The standard InChI is InChI=1S/C17H20N6O/c1-13-10-14(20-17-19-6-9-22(13)17)15-4-2-3-7-23(15)16(24)11-21-8-5-18-12-21/h5-6,8-10,12,15H,2-4,7,11H2,1H3/t15-/m0/s1. The number of amides is 1. The Hall–Kier alpha value is -2.70. The first-order valence-electron chi connectivity index (χ1n) is 8.28. The van der Waals surface area contributed by atoms with Crippen molar-refractivity contribution in [3.63, 3.8) is 0 Å². The van der Waals surface area contributed by atoms with Crippen LogP contribution in [0, 0.1) is 6.92 Å². The summed E-state index contributed by atoms with van der Waals surface area (Å²) in [6.45, 7) is 3.14. The Labute approximate surface area is 140 Å². The van der Waals surface area contributed by atoms with Crippen LogP contribution in [0.25, 0.3) is 5.78 Å². The number of aromatic nitrogens is 5. The highest BCUT2D eigenvalue weighted by Gasteiger charge is 2.29. The SMILES string of the molecule is Cc1cc([C@@H]2CCCCN2C(=O)Cn2ccnc2)nc2nccn12. The van der Waals surface area contributed by atoms with Gasteiger partial charge in [0.1, 0.15) is 6.54 Å². The van der Waals surface area contributed by atoms with Crippen LogP contribution >= 0.6 is 0 Å². The third kappa shape index (κ3) is 2.66. The molecule has 1 amide bonds. The predicted molar refractivity (Wildman–Crippen MR) is 88.3 cm³/mol. The van der Waals surface area contributed by atoms with Crippen molar-refractivity contribution < 1.29 is 4.79 Å². The Kier molecular flexibility index (Phi) is 3.76. The number of likely N-dealkylation sites (tertiary alicyclic amines) is 1. The fraction of sp³-hybridized carbons (Fsp3) is 0.412. The van der Waals surface area contributed by atoms with Gasteiger partial charge in [0, 0.05) is 37.0 Å². The normalized spacial score (nSPS) is 18.2. The molecular formula is C17H20N6O. The molecule has 7 heteroatoms. The molecule has 1 aliphatic rings. The second-order valence-corrected chi connectivity index (χ2v) is 6.25. The number of fused-ring (bicyclic) bond motifs is 1. The molecule has 1 saturated heterocycles. The van der Waals surface area contributed by atoms with Crippen molar-refractivity contribution in [3.05, 3.63) is 48.6 Å². The van der Waals surface area contributed by atoms with Crippen LogP contribution in [0.5, 0.6) is 0 Å². The molecular weight excluding hydrogens is 304 g/mol. The molecule has 0 aromatic carbocycles. The Morgan fingerprint density at radius 1 is 1.29 bits per heavy atom. The van der Waals surface area contributed by atoms with Gasteiger partial charge < -0.3 is 9.47 Å². The van der Waals surface area contributed by atoms with Crippen molar-refractivity contribution in [2.24, 2.45) is 0 Å². The van der Waals surface area contributed by atoms with E-state index in [0.717, 1.165) is 37.2 Å². The van der Waals surface area contributed by atoms with Gasteiger partial charge in [-0.2, -0.15) is 0 Å². The number of hydrogen-bond acceptors (Lipinski definition) is 4. The molecule has 1 aliphatic heterocycles. The highest BCUT2D eigenvalue weighted by molar-refractivity contribution is 5.76. The van der Waals surface area contributed by atoms with Crippen LogP contribution < -0.4 is 0 Å². The maximum Gasteiger partial charge on any atom is 0.243 e. The number of carbonyl (C=O) groups is 1. The fourth-order valence-electron chi connectivity index (χ4n) is 3.42. The average molecular weight is 324 g/mol. The molecule has 4 heterocycles. The zero-order valence-electron chi connectivity index (χ0n) is 13.7. The average Bonchev–Trinajstić information content (AvgIpc) is 3.26. The maximum atomic E-state index is 12.8. The monoisotopic (exact) mass is 324 g/mol. The lowest BCUT2D eigenvalue weighted by atomic mass is 9.98. The third-order valence-corrected chi connectivity index (χ3v) is 4.63. The van der Waals surface area contributed by atoms with Gasteiger partial charge in [0.25, 0.3) is 0 Å². The first-order chi connectivity index (χ1) is 11.7. The van der Waals surface area contributed by atoms with Crippen molar-refractivity contribution in [2.45, 2.75) is 38.8 Å². The van der Waals surface area contributed by atoms with Crippen LogP contribution in [-0.4, -0.2) is 41.3 Å². The number of nitrogens with zero attached hydrogens (tertiary/aromatic N) is 6. The minimum atomic E-state index is 0.0233. The molecule has 1 atom stereocenters. The molecule has 1 fully saturated rings. The number of imidazole rings is 2. The Bertz CT molecular complexity index is 853. The predicted octanol–water partition coefficient (Wildman–Crippen LogP) is 1.99. The minimum Gasteiger partial charge on any atom is -0.333 e. The Morgan fingerprint density at radius 2 is 2.21 bits per heavy atom. The number of piperidine rings is 1. The van der Waals surface area contributed by atoms with E-state index in [1.165, 1.54) is 0 Å². The summed E-state index contributed by atoms with van der Waals surface area (Å²) in [5.41, 5.74) is 2.02. The Morgan fingerprint density at radius 3 is 3.04 bits per heavy atom. The quantitative estimate of drug-likeness (QED) is 0.739. The van der Waals surface area contributed by atoms with E-state index in [1.54, 1.807) is 18.7 Å². The van der Waals surface area contributed by atoms with E-state index in [9.17, 15) is 4.79 Å². The maximum absolute atomic E-state index is 12.8. The van der Waals surface area contributed by atoms with Gasteiger partial charge in [-0.1, -0.05) is 0 Å². The molecule has 0 bridgehead atoms. The highest BCUT2D eigenvalue weighted by atomic mass is 16.2. The van der Waals surface area contributed by atoms with Crippen molar-refractivity contribution in [1.82, 2.24) is 28.8 Å². The summed E-state index contributed by atoms with van der Waals surface area (Å²) in [5, 5.41) is 0. The number of hydrogen-bond donors (Lipinski definition) is 0. The smallest absolute Gasteiger partial charge is 0.243 e. The van der Waals surface area contributed by atoms with Gasteiger partial charge in [0.2, 0.25) is 11.7 Å². The van der Waals surface area contributed by atoms with Gasteiger partial charge in [-0.25, -0.2) is 15.0 Å². The van der Waals surface area contributed by atoms with Gasteiger partial charge in [0.05, 0.1) is 18.1 Å². The van der Waals surface area contributed by atoms with Crippen molar-refractivity contribution in [2.75, 3.05) is 6.54 Å². The number of rotatable bonds is 3. The topological polar surface area (TPSA) is 68.3 Å². The third-order valence-electron chi connectivity index (χ3n) is 4.63. The largest absolute Gasteiger partial charge is 0.333 e. The molecule has 3 aromatic heterocycles. The van der Waals surface area contributed by atoms with E-state index in [1.807, 2.05) is 33.2 Å². The Balaban J connectivity index is 1.64. The van der Waals surface area contributed by atoms with Gasteiger partial charge in [-0.05, 0) is 32.3 Å². The van der Waals surface area contributed by atoms with Crippen molar-refractivity contribution >= 4 is 11.7 Å². The van der Waals surface area contributed by atoms with Gasteiger partial charge in [0.15, 0.2) is 0 Å². The van der Waals surface area contributed by atoms with Crippen LogP contribution in [0.4, 0.5) is 0 Å². The molecule has 124 valence electrons. The van der Waals surface area contributed by atoms with E-state index in [0.29, 0.717) is 12.3 Å². The van der Waals surface area contributed by atoms with Crippen LogP contribution in [0.1, 0.15) is 36.7 Å². The van der Waals surface area contributed by atoms with E-state index in [-0.39, 0.29) is 11.9 Å². The molecule has 0 radical (unpaired) electrons. The second-order valence-electron chi connectivity index (χ2n) is 6.25. The zero-order chi connectivity index (χ0) is 16.5. The fourth-order valence-corrected chi connectivity index (χ4v) is 3.42. The summed E-state index contributed by atoms with van der Waals surface area (Å²) in [4.78, 5) is 27.7. The zero-order valence-corrected chi connectivity index (χ0v) is 13.7. The molecule has 0 aliphatic carbocycles. The van der Waals surface area contributed by atoms with E-state index in [2.05, 4.69) is 21.0 Å². The van der Waals surface area contributed by atoms with Crippen LogP contribution in [-0.2, 0) is 11.3 Å². The molecule has 0 saturated carbocycles. The van der Waals surface area contributed by atoms with Gasteiger partial charge in [-0.3, -0.25) is 9.20 Å². The summed E-state index contributed by atoms with van der Waals surface area (Å²) < 4.78 is 3.77. The van der Waals surface area contributed by atoms with Crippen LogP contribution in [0.2, 0.25) is 0 Å². The van der Waals surface area contributed by atoms with Crippen LogP contribution in [0.3, 0.4) is 0 Å². The summed E-state index contributed by atoms with van der Waals surface area (Å²) in [7, 11) is 0. The minimum absolute atomic E-state index is 0.0233. The van der Waals surface area contributed by atoms with Gasteiger partial charge in [-0.15, -0.1) is 0 Å². The summed E-state index contributed by atoms with van der Waals surface area (Å²) in [6, 6.07) is 2.09. The number of aryl methyl sites for hydroxylation is 1. The van der Waals surface area contributed by atoms with E-state index in [4.69, 9.17) is 0 Å². The van der Waals surface area contributed by atoms with Gasteiger partial charge >= 0.3 is 0 Å². The van der Waals surface area contributed by atoms with Crippen molar-refractivity contribution in [1.29, 1.82) is 0 Å². The summed E-state index contributed by atoms with van der Waals surface area (Å²) in [5.74, 6) is 0.804. The lowest BCUT2D eigenvalue weighted by Crippen LogP contribution is -2.40. The molecule has 0 spiro atoms. The second kappa shape index (κ2) is 6.07. The molecule has 4 rings (SSSR count). The summed E-state index contributed by atoms with van der Waals surface area (Å²) in [6.07, 6.45) is 11.9. The molecule has 0 unspecified atom stereocenters. The molecule has 0 N–H and O–H groups in total. The summed E-state index contributed by atoms with van der Waals surface area (Å²) >= 11 is 0. The molecule has 24 heavy (non-hydrogen) atoms. The lowest BCUT2D eigenvalue weighted by Gasteiger charge is -2.35. The van der Waals surface area contributed by atoms with Crippen molar-refractivity contribution in [3.8, 4) is 0 Å². The van der Waals surface area contributed by atoms with E-state index < -0.39 is 0 Å². The van der Waals surface area contributed by atoms with E-state index >= 15 is 0 Å². The first-order valence-corrected chi connectivity index (χ1v) is 8.28.